The lowest BCUT2D eigenvalue weighted by Crippen LogP contribution is -2.42. The van der Waals surface area contributed by atoms with E-state index in [1.807, 2.05) is 0 Å². The highest BCUT2D eigenvalue weighted by Crippen LogP contribution is 2.32. The Morgan fingerprint density at radius 3 is 2.75 bits per heavy atom. The lowest BCUT2D eigenvalue weighted by molar-refractivity contribution is -0.141. The standard InChI is InChI=1S/C12H13ClFNO4S/c1-7-5-6-15(11(7)12(16)17)20(18,19)9-4-2-3-8(13)10(9)14/h2-4,7,11H,5-6H2,1H3,(H,16,17). The van der Waals surface area contributed by atoms with Gasteiger partial charge in [-0.15, -0.1) is 0 Å². The van der Waals surface area contributed by atoms with Crippen LogP contribution in [0.4, 0.5) is 4.39 Å². The first-order valence-corrected chi connectivity index (χ1v) is 7.77. The van der Waals surface area contributed by atoms with Crippen LogP contribution in [0.2, 0.25) is 5.02 Å². The van der Waals surface area contributed by atoms with Crippen LogP contribution in [0.1, 0.15) is 13.3 Å². The predicted molar refractivity (Wildman–Crippen MR) is 70.5 cm³/mol. The van der Waals surface area contributed by atoms with Gasteiger partial charge in [-0.05, 0) is 24.5 Å². The molecule has 110 valence electrons. The molecule has 2 unspecified atom stereocenters. The molecule has 1 saturated heterocycles. The number of rotatable bonds is 3. The molecule has 0 amide bonds. The van der Waals surface area contributed by atoms with Crippen molar-refractivity contribution in [3.63, 3.8) is 0 Å². The second-order valence-corrected chi connectivity index (χ2v) is 6.98. The summed E-state index contributed by atoms with van der Waals surface area (Å²) in [5, 5.41) is 8.85. The van der Waals surface area contributed by atoms with E-state index in [4.69, 9.17) is 16.7 Å². The molecule has 2 rings (SSSR count). The molecule has 1 aromatic rings. The van der Waals surface area contributed by atoms with E-state index in [1.54, 1.807) is 6.92 Å². The molecule has 1 N–H and O–H groups in total. The van der Waals surface area contributed by atoms with E-state index in [0.717, 1.165) is 10.4 Å². The molecule has 1 heterocycles. The van der Waals surface area contributed by atoms with Gasteiger partial charge in [0, 0.05) is 6.54 Å². The molecule has 1 aliphatic rings. The fourth-order valence-electron chi connectivity index (χ4n) is 2.36. The van der Waals surface area contributed by atoms with Gasteiger partial charge in [0.25, 0.3) is 0 Å². The third-order valence-corrected chi connectivity index (χ3v) is 5.60. The molecule has 8 heteroatoms. The summed E-state index contributed by atoms with van der Waals surface area (Å²) >= 11 is 5.58. The molecule has 1 fully saturated rings. The maximum atomic E-state index is 13.9. The summed E-state index contributed by atoms with van der Waals surface area (Å²) in [7, 11) is -4.23. The van der Waals surface area contributed by atoms with Crippen molar-refractivity contribution >= 4 is 27.6 Å². The molecule has 2 atom stereocenters. The minimum atomic E-state index is -4.23. The Hall–Kier alpha value is -1.18. The van der Waals surface area contributed by atoms with Crippen LogP contribution in [0.15, 0.2) is 23.1 Å². The molecular formula is C12H13ClFNO4S. The first kappa shape index (κ1) is 15.2. The van der Waals surface area contributed by atoms with Crippen LogP contribution in [0.3, 0.4) is 0 Å². The van der Waals surface area contributed by atoms with Gasteiger partial charge in [0.2, 0.25) is 10.0 Å². The first-order valence-electron chi connectivity index (χ1n) is 5.95. The lowest BCUT2D eigenvalue weighted by atomic mass is 10.0. The number of halogens is 2. The average Bonchev–Trinajstić information content (AvgIpc) is 2.75. The zero-order valence-corrected chi connectivity index (χ0v) is 12.2. The molecular weight excluding hydrogens is 309 g/mol. The van der Waals surface area contributed by atoms with E-state index >= 15 is 0 Å². The van der Waals surface area contributed by atoms with Crippen molar-refractivity contribution in [3.8, 4) is 0 Å². The van der Waals surface area contributed by atoms with Crippen molar-refractivity contribution in [1.29, 1.82) is 0 Å². The van der Waals surface area contributed by atoms with E-state index in [1.165, 1.54) is 12.1 Å². The maximum Gasteiger partial charge on any atom is 0.322 e. The van der Waals surface area contributed by atoms with Crippen molar-refractivity contribution in [2.24, 2.45) is 5.92 Å². The first-order chi connectivity index (χ1) is 9.26. The number of carbonyl (C=O) groups is 1. The summed E-state index contributed by atoms with van der Waals surface area (Å²) in [4.78, 5) is 10.6. The van der Waals surface area contributed by atoms with Gasteiger partial charge in [-0.1, -0.05) is 24.6 Å². The highest BCUT2D eigenvalue weighted by molar-refractivity contribution is 7.89. The Bertz CT molecular complexity index is 649. The third-order valence-electron chi connectivity index (χ3n) is 3.41. The van der Waals surface area contributed by atoms with Crippen molar-refractivity contribution in [2.75, 3.05) is 6.54 Å². The Morgan fingerprint density at radius 2 is 2.15 bits per heavy atom. The van der Waals surface area contributed by atoms with Gasteiger partial charge < -0.3 is 5.11 Å². The van der Waals surface area contributed by atoms with Crippen molar-refractivity contribution < 1.29 is 22.7 Å². The normalized spacial score (nSPS) is 23.9. The molecule has 0 aliphatic carbocycles. The van der Waals surface area contributed by atoms with E-state index in [2.05, 4.69) is 0 Å². The van der Waals surface area contributed by atoms with Gasteiger partial charge in [0.05, 0.1) is 5.02 Å². The molecule has 0 saturated carbocycles. The van der Waals surface area contributed by atoms with Gasteiger partial charge in [-0.2, -0.15) is 4.31 Å². The van der Waals surface area contributed by atoms with Crippen molar-refractivity contribution in [1.82, 2.24) is 4.31 Å². The largest absolute Gasteiger partial charge is 0.480 e. The van der Waals surface area contributed by atoms with E-state index in [9.17, 15) is 17.6 Å². The van der Waals surface area contributed by atoms with Gasteiger partial charge in [-0.25, -0.2) is 12.8 Å². The minimum Gasteiger partial charge on any atom is -0.480 e. The Labute approximate surface area is 121 Å². The maximum absolute atomic E-state index is 13.9. The SMILES string of the molecule is CC1CCN(S(=O)(=O)c2cccc(Cl)c2F)C1C(=O)O. The van der Waals surface area contributed by atoms with Crippen molar-refractivity contribution in [2.45, 2.75) is 24.3 Å². The van der Waals surface area contributed by atoms with E-state index in [0.29, 0.717) is 6.42 Å². The molecule has 20 heavy (non-hydrogen) atoms. The van der Waals surface area contributed by atoms with Gasteiger partial charge in [-0.3, -0.25) is 4.79 Å². The second-order valence-electron chi connectivity index (χ2n) is 4.72. The molecule has 1 aliphatic heterocycles. The lowest BCUT2D eigenvalue weighted by Gasteiger charge is -2.23. The van der Waals surface area contributed by atoms with E-state index in [-0.39, 0.29) is 17.5 Å². The summed E-state index contributed by atoms with van der Waals surface area (Å²) in [5.74, 6) is -2.62. The van der Waals surface area contributed by atoms with Gasteiger partial charge in [0.15, 0.2) is 5.82 Å². The predicted octanol–water partition coefficient (Wildman–Crippen LogP) is 1.96. The molecule has 0 aromatic heterocycles. The number of hydrogen-bond acceptors (Lipinski definition) is 3. The summed E-state index contributed by atoms with van der Waals surface area (Å²) in [6.45, 7) is 1.70. The van der Waals surface area contributed by atoms with Crippen LogP contribution in [0, 0.1) is 11.7 Å². The summed E-state index contributed by atoms with van der Waals surface area (Å²) in [6.07, 6.45) is 0.415. The number of aliphatic carboxylic acids is 1. The monoisotopic (exact) mass is 321 g/mol. The highest BCUT2D eigenvalue weighted by atomic mass is 35.5. The fourth-order valence-corrected chi connectivity index (χ4v) is 4.37. The summed E-state index contributed by atoms with van der Waals surface area (Å²) < 4.78 is 39.6. The highest BCUT2D eigenvalue weighted by Gasteiger charge is 2.44. The number of nitrogens with zero attached hydrogens (tertiary/aromatic N) is 1. The van der Waals surface area contributed by atoms with Gasteiger partial charge in [0.1, 0.15) is 10.9 Å². The second kappa shape index (κ2) is 5.31. The number of benzene rings is 1. The Morgan fingerprint density at radius 1 is 1.50 bits per heavy atom. The summed E-state index contributed by atoms with van der Waals surface area (Å²) in [6, 6.07) is 2.45. The molecule has 0 radical (unpaired) electrons. The van der Waals surface area contributed by atoms with Crippen LogP contribution in [-0.2, 0) is 14.8 Å². The Kier molecular flexibility index (Phi) is 4.04. The topological polar surface area (TPSA) is 74.7 Å². The van der Waals surface area contributed by atoms with Crippen LogP contribution < -0.4 is 0 Å². The number of carboxylic acids is 1. The van der Waals surface area contributed by atoms with Crippen LogP contribution in [0.25, 0.3) is 0 Å². The van der Waals surface area contributed by atoms with Crippen LogP contribution >= 0.6 is 11.6 Å². The van der Waals surface area contributed by atoms with Crippen LogP contribution in [-0.4, -0.2) is 36.4 Å². The molecule has 0 spiro atoms. The third kappa shape index (κ3) is 2.41. The zero-order valence-electron chi connectivity index (χ0n) is 10.6. The smallest absolute Gasteiger partial charge is 0.322 e. The fraction of sp³-hybridized carbons (Fsp3) is 0.417. The molecule has 0 bridgehead atoms. The number of carboxylic acid groups (broad SMARTS) is 1. The van der Waals surface area contributed by atoms with E-state index < -0.39 is 32.7 Å². The van der Waals surface area contributed by atoms with Crippen LogP contribution in [0.5, 0.6) is 0 Å². The molecule has 1 aromatic carbocycles. The summed E-state index contributed by atoms with van der Waals surface area (Å²) in [5.41, 5.74) is 0. The Balaban J connectivity index is 2.50. The average molecular weight is 322 g/mol. The quantitative estimate of drug-likeness (QED) is 0.923. The van der Waals surface area contributed by atoms with Gasteiger partial charge >= 0.3 is 5.97 Å². The minimum absolute atomic E-state index is 0.0480. The van der Waals surface area contributed by atoms with Crippen molar-refractivity contribution in [3.05, 3.63) is 29.0 Å². The number of hydrogen-bond donors (Lipinski definition) is 1. The molecule has 5 nitrogen and oxygen atoms in total. The zero-order chi connectivity index (χ0) is 15.1. The number of sulfonamides is 1.